The number of benzene rings is 1. The van der Waals surface area contributed by atoms with Crippen molar-refractivity contribution in [3.8, 4) is 5.75 Å². The molecule has 1 aromatic carbocycles. The molecule has 254 valence electrons. The van der Waals surface area contributed by atoms with E-state index in [9.17, 15) is 14.4 Å². The highest BCUT2D eigenvalue weighted by Crippen LogP contribution is 2.35. The quantitative estimate of drug-likeness (QED) is 0.282. The van der Waals surface area contributed by atoms with Crippen LogP contribution in [0.25, 0.3) is 0 Å². The first-order valence-corrected chi connectivity index (χ1v) is 16.7. The van der Waals surface area contributed by atoms with Crippen LogP contribution < -0.4 is 15.4 Å². The van der Waals surface area contributed by atoms with Gasteiger partial charge in [-0.15, -0.1) is 0 Å². The van der Waals surface area contributed by atoms with Crippen molar-refractivity contribution in [3.63, 3.8) is 0 Å². The smallest absolute Gasteiger partial charge is 0.249 e. The van der Waals surface area contributed by atoms with Gasteiger partial charge in [0.2, 0.25) is 11.8 Å². The average molecular weight is 653 g/mol. The number of methoxy groups -OCH3 is 1. The maximum Gasteiger partial charge on any atom is 0.249 e. The Morgan fingerprint density at radius 2 is 1.60 bits per heavy atom. The summed E-state index contributed by atoms with van der Waals surface area (Å²) < 4.78 is 35.0. The summed E-state index contributed by atoms with van der Waals surface area (Å²) in [5, 5.41) is 5.52. The van der Waals surface area contributed by atoms with E-state index in [4.69, 9.17) is 28.4 Å². The third-order valence-corrected chi connectivity index (χ3v) is 8.65. The average Bonchev–Trinajstić information content (AvgIpc) is 2.96. The second-order valence-electron chi connectivity index (χ2n) is 13.3. The molecule has 45 heavy (non-hydrogen) atoms. The summed E-state index contributed by atoms with van der Waals surface area (Å²) in [5.74, 6) is -0.803. The lowest BCUT2D eigenvalue weighted by molar-refractivity contribution is -0.304. The number of ether oxygens (including phenoxy) is 6. The molecule has 2 fully saturated rings. The first-order valence-electron chi connectivity index (χ1n) is 15.7. The van der Waals surface area contributed by atoms with Crippen LogP contribution in [0.15, 0.2) is 24.3 Å². The van der Waals surface area contributed by atoms with Gasteiger partial charge < -0.3 is 39.1 Å². The Balaban J connectivity index is 1.31. The van der Waals surface area contributed by atoms with Gasteiger partial charge in [-0.25, -0.2) is 0 Å². The van der Waals surface area contributed by atoms with E-state index in [0.29, 0.717) is 31.8 Å². The molecule has 2 aliphatic rings. The lowest BCUT2D eigenvalue weighted by atomic mass is 9.85. The first kappa shape index (κ1) is 37.2. The Bertz CT molecular complexity index is 1130. The van der Waals surface area contributed by atoms with Crippen LogP contribution in [0.1, 0.15) is 79.7 Å². The minimum Gasteiger partial charge on any atom is -0.497 e. The Labute approximate surface area is 272 Å². The second kappa shape index (κ2) is 16.6. The zero-order valence-electron chi connectivity index (χ0n) is 28.1. The number of hydrogen-bond acceptors (Lipinski definition) is 10. The summed E-state index contributed by atoms with van der Waals surface area (Å²) in [4.78, 5) is 37.5. The Morgan fingerprint density at radius 3 is 2.29 bits per heavy atom. The minimum atomic E-state index is -0.847. The standard InChI is InChI=1S/C33H52N2O9S/c1-22(40-19-23-9-11-24(39-8)12-10-23)17-25-18-26(43-33(6,7)42-25)20-45-28(37)14-16-34-27(36)13-15-35-30(38)29-31(2,3)21-41-32(4,5)44-29/h9-12,22,25-26,29H,13-21H2,1-8H3,(H,34,36)(H,35,38)/t22?,25?,26?,29-/m0/s1. The molecule has 4 atom stereocenters. The van der Waals surface area contributed by atoms with Crippen LogP contribution in [0.4, 0.5) is 0 Å². The van der Waals surface area contributed by atoms with Gasteiger partial charge in [-0.3, -0.25) is 14.4 Å². The number of hydrogen-bond donors (Lipinski definition) is 2. The van der Waals surface area contributed by atoms with Crippen LogP contribution in [0.3, 0.4) is 0 Å². The van der Waals surface area contributed by atoms with Gasteiger partial charge in [-0.2, -0.15) is 0 Å². The van der Waals surface area contributed by atoms with Crippen molar-refractivity contribution in [2.45, 2.75) is 117 Å². The van der Waals surface area contributed by atoms with Crippen LogP contribution in [-0.4, -0.2) is 85.5 Å². The number of rotatable bonds is 15. The number of amides is 2. The topological polar surface area (TPSA) is 131 Å². The molecule has 0 saturated carbocycles. The Kier molecular flexibility index (Phi) is 13.7. The predicted octanol–water partition coefficient (Wildman–Crippen LogP) is 4.35. The predicted molar refractivity (Wildman–Crippen MR) is 172 cm³/mol. The normalized spacial score (nSPS) is 24.3. The van der Waals surface area contributed by atoms with Crippen molar-refractivity contribution in [2.75, 3.05) is 32.6 Å². The Hall–Kier alpha value is -2.22. The molecule has 3 unspecified atom stereocenters. The maximum atomic E-state index is 12.7. The highest BCUT2D eigenvalue weighted by molar-refractivity contribution is 8.13. The van der Waals surface area contributed by atoms with E-state index in [1.165, 1.54) is 11.8 Å². The number of nitrogens with one attached hydrogen (secondary N) is 2. The van der Waals surface area contributed by atoms with Gasteiger partial charge in [0, 0.05) is 43.5 Å². The molecule has 2 N–H and O–H groups in total. The molecular formula is C33H52N2O9S. The second-order valence-corrected chi connectivity index (χ2v) is 14.4. The van der Waals surface area contributed by atoms with Crippen LogP contribution in [-0.2, 0) is 44.7 Å². The summed E-state index contributed by atoms with van der Waals surface area (Å²) in [6.07, 6.45) is 0.778. The molecule has 0 aliphatic carbocycles. The SMILES string of the molecule is COc1ccc(COC(C)CC2CC(CSC(=O)CCNC(=O)CCNC(=O)[C@@H]3OC(C)(C)OCC3(C)C)OC(C)(C)O2)cc1. The third-order valence-electron chi connectivity index (χ3n) is 7.59. The molecule has 0 aromatic heterocycles. The van der Waals surface area contributed by atoms with Gasteiger partial charge in [0.15, 0.2) is 16.7 Å². The zero-order chi connectivity index (χ0) is 33.3. The molecule has 2 heterocycles. The van der Waals surface area contributed by atoms with Crippen LogP contribution >= 0.6 is 11.8 Å². The molecule has 0 spiro atoms. The van der Waals surface area contributed by atoms with E-state index in [-0.39, 0.29) is 61.2 Å². The molecular weight excluding hydrogens is 600 g/mol. The van der Waals surface area contributed by atoms with Gasteiger partial charge >= 0.3 is 0 Å². The number of carbonyl (C=O) groups excluding carboxylic acids is 3. The zero-order valence-corrected chi connectivity index (χ0v) is 28.9. The van der Waals surface area contributed by atoms with E-state index in [0.717, 1.165) is 11.3 Å². The highest BCUT2D eigenvalue weighted by Gasteiger charge is 2.45. The van der Waals surface area contributed by atoms with Crippen molar-refractivity contribution < 1.29 is 42.8 Å². The third kappa shape index (κ3) is 12.8. The van der Waals surface area contributed by atoms with E-state index in [1.807, 2.05) is 58.9 Å². The number of carbonyl (C=O) groups is 3. The Morgan fingerprint density at radius 1 is 0.933 bits per heavy atom. The largest absolute Gasteiger partial charge is 0.497 e. The van der Waals surface area contributed by atoms with Gasteiger partial charge in [0.25, 0.3) is 0 Å². The van der Waals surface area contributed by atoms with Gasteiger partial charge in [-0.1, -0.05) is 37.7 Å². The minimum absolute atomic E-state index is 0.0212. The molecule has 11 nitrogen and oxygen atoms in total. The van der Waals surface area contributed by atoms with E-state index in [2.05, 4.69) is 10.6 Å². The molecule has 2 aliphatic heterocycles. The summed E-state index contributed by atoms with van der Waals surface area (Å²) >= 11 is 1.21. The van der Waals surface area contributed by atoms with E-state index >= 15 is 0 Å². The van der Waals surface area contributed by atoms with Crippen LogP contribution in [0, 0.1) is 5.41 Å². The summed E-state index contributed by atoms with van der Waals surface area (Å²) in [6.45, 7) is 14.5. The van der Waals surface area contributed by atoms with Crippen molar-refractivity contribution in [1.29, 1.82) is 0 Å². The monoisotopic (exact) mass is 652 g/mol. The summed E-state index contributed by atoms with van der Waals surface area (Å²) in [7, 11) is 1.64. The van der Waals surface area contributed by atoms with Crippen LogP contribution in [0.5, 0.6) is 5.75 Å². The van der Waals surface area contributed by atoms with E-state index < -0.39 is 23.1 Å². The fraction of sp³-hybridized carbons (Fsp3) is 0.727. The molecule has 3 rings (SSSR count). The lowest BCUT2D eigenvalue weighted by Gasteiger charge is -2.44. The molecule has 2 amide bonds. The summed E-state index contributed by atoms with van der Waals surface area (Å²) in [6, 6.07) is 7.81. The maximum absolute atomic E-state index is 12.7. The van der Waals surface area contributed by atoms with Crippen LogP contribution in [0.2, 0.25) is 0 Å². The summed E-state index contributed by atoms with van der Waals surface area (Å²) in [5.41, 5.74) is 0.581. The van der Waals surface area contributed by atoms with Gasteiger partial charge in [-0.05, 0) is 58.7 Å². The fourth-order valence-electron chi connectivity index (χ4n) is 5.23. The van der Waals surface area contributed by atoms with Crippen molar-refractivity contribution in [1.82, 2.24) is 10.6 Å². The molecule has 12 heteroatoms. The van der Waals surface area contributed by atoms with E-state index in [1.54, 1.807) is 21.0 Å². The first-order chi connectivity index (χ1) is 21.1. The van der Waals surface area contributed by atoms with Crippen molar-refractivity contribution >= 4 is 28.7 Å². The molecule has 0 bridgehead atoms. The number of thioether (sulfide) groups is 1. The van der Waals surface area contributed by atoms with Crippen molar-refractivity contribution in [2.24, 2.45) is 5.41 Å². The van der Waals surface area contributed by atoms with Gasteiger partial charge in [0.1, 0.15) is 11.9 Å². The lowest BCUT2D eigenvalue weighted by Crippen LogP contribution is -2.56. The fourth-order valence-corrected chi connectivity index (χ4v) is 6.05. The van der Waals surface area contributed by atoms with Crippen molar-refractivity contribution in [3.05, 3.63) is 29.8 Å². The molecule has 0 radical (unpaired) electrons. The molecule has 1 aromatic rings. The van der Waals surface area contributed by atoms with Gasteiger partial charge in [0.05, 0.1) is 38.6 Å². The molecule has 2 saturated heterocycles. The highest BCUT2D eigenvalue weighted by atomic mass is 32.2.